The first-order chi connectivity index (χ1) is 6.33. The van der Waals surface area contributed by atoms with Gasteiger partial charge in [-0.05, 0) is 25.9 Å². The summed E-state index contributed by atoms with van der Waals surface area (Å²) in [6, 6.07) is 0. The Morgan fingerprint density at radius 2 is 2.15 bits per heavy atom. The van der Waals surface area contributed by atoms with Gasteiger partial charge >= 0.3 is 5.97 Å². The van der Waals surface area contributed by atoms with E-state index in [0.29, 0.717) is 0 Å². The van der Waals surface area contributed by atoms with Crippen molar-refractivity contribution in [2.45, 2.75) is 18.9 Å². The van der Waals surface area contributed by atoms with Crippen molar-refractivity contribution in [1.29, 1.82) is 0 Å². The lowest BCUT2D eigenvalue weighted by molar-refractivity contribution is -0.158. The molecule has 0 amide bonds. The lowest BCUT2D eigenvalue weighted by atomic mass is 10.1. The molecule has 5 nitrogen and oxygen atoms in total. The lowest BCUT2D eigenvalue weighted by Crippen LogP contribution is -2.34. The molecule has 1 aliphatic heterocycles. The average molecular weight is 187 g/mol. The zero-order chi connectivity index (χ0) is 9.52. The highest BCUT2D eigenvalue weighted by molar-refractivity contribution is 5.72. The molecule has 1 N–H and O–H groups in total. The lowest BCUT2D eigenvalue weighted by Gasteiger charge is -2.22. The first-order valence-corrected chi connectivity index (χ1v) is 4.28. The highest BCUT2D eigenvalue weighted by Gasteiger charge is 2.17. The van der Waals surface area contributed by atoms with E-state index in [4.69, 9.17) is 4.74 Å². The Balaban J connectivity index is 2.14. The monoisotopic (exact) mass is 187 g/mol. The third kappa shape index (κ3) is 3.89. The van der Waals surface area contributed by atoms with Gasteiger partial charge in [0.05, 0.1) is 0 Å². The summed E-state index contributed by atoms with van der Waals surface area (Å²) in [6.45, 7) is 1.69. The van der Waals surface area contributed by atoms with Gasteiger partial charge in [-0.15, -0.1) is 0 Å². The van der Waals surface area contributed by atoms with Gasteiger partial charge in [-0.3, -0.25) is 4.79 Å². The molecule has 1 heterocycles. The predicted molar refractivity (Wildman–Crippen MR) is 44.0 cm³/mol. The number of rotatable bonds is 4. The van der Waals surface area contributed by atoms with Crippen LogP contribution in [0.5, 0.6) is 0 Å². The number of carbonyl (C=O) groups is 2. The number of ether oxygens (including phenoxy) is 2. The summed E-state index contributed by atoms with van der Waals surface area (Å²) in [6.07, 6.45) is 1.63. The molecule has 1 aliphatic rings. The fourth-order valence-corrected chi connectivity index (χ4v) is 1.24. The molecule has 74 valence electrons. The van der Waals surface area contributed by atoms with Gasteiger partial charge in [-0.1, -0.05) is 0 Å². The minimum atomic E-state index is -0.473. The van der Waals surface area contributed by atoms with Gasteiger partial charge in [0.25, 0.3) is 6.47 Å². The SMILES string of the molecule is O=COCC(=O)OC1CCNCC1. The molecule has 1 fully saturated rings. The van der Waals surface area contributed by atoms with Crippen LogP contribution in [0.2, 0.25) is 0 Å². The first kappa shape index (κ1) is 9.98. The molecule has 0 aromatic rings. The smallest absolute Gasteiger partial charge is 0.344 e. The minimum Gasteiger partial charge on any atom is -0.460 e. The van der Waals surface area contributed by atoms with Gasteiger partial charge in [0.15, 0.2) is 6.61 Å². The number of hydrogen-bond acceptors (Lipinski definition) is 5. The summed E-state index contributed by atoms with van der Waals surface area (Å²) in [4.78, 5) is 20.7. The molecule has 0 atom stereocenters. The molecule has 0 aromatic carbocycles. The maximum atomic E-state index is 10.9. The molecule has 5 heteroatoms. The Labute approximate surface area is 76.4 Å². The van der Waals surface area contributed by atoms with Crippen molar-refractivity contribution >= 4 is 12.4 Å². The van der Waals surface area contributed by atoms with E-state index < -0.39 is 5.97 Å². The molecule has 1 saturated heterocycles. The van der Waals surface area contributed by atoms with E-state index in [9.17, 15) is 9.59 Å². The average Bonchev–Trinajstić information content (AvgIpc) is 2.16. The third-order valence-electron chi connectivity index (χ3n) is 1.85. The van der Waals surface area contributed by atoms with Crippen molar-refractivity contribution in [2.75, 3.05) is 19.7 Å². The Morgan fingerprint density at radius 3 is 2.77 bits per heavy atom. The van der Waals surface area contributed by atoms with Crippen LogP contribution in [0.4, 0.5) is 0 Å². The second-order valence-electron chi connectivity index (χ2n) is 2.85. The second-order valence-corrected chi connectivity index (χ2v) is 2.85. The van der Waals surface area contributed by atoms with Crippen LogP contribution in [0.3, 0.4) is 0 Å². The fourth-order valence-electron chi connectivity index (χ4n) is 1.24. The van der Waals surface area contributed by atoms with Crippen molar-refractivity contribution in [3.05, 3.63) is 0 Å². The van der Waals surface area contributed by atoms with Crippen molar-refractivity contribution in [3.8, 4) is 0 Å². The van der Waals surface area contributed by atoms with Gasteiger partial charge in [0, 0.05) is 0 Å². The quantitative estimate of drug-likeness (QED) is 0.472. The highest BCUT2D eigenvalue weighted by Crippen LogP contribution is 2.06. The molecule has 0 aromatic heterocycles. The van der Waals surface area contributed by atoms with Crippen LogP contribution in [0, 0.1) is 0 Å². The first-order valence-electron chi connectivity index (χ1n) is 4.28. The molecular formula is C8H13NO4. The predicted octanol–water partition coefficient (Wildman–Crippen LogP) is -0.545. The van der Waals surface area contributed by atoms with E-state index in [2.05, 4.69) is 10.1 Å². The van der Waals surface area contributed by atoms with Crippen molar-refractivity contribution < 1.29 is 19.1 Å². The third-order valence-corrected chi connectivity index (χ3v) is 1.85. The molecule has 0 bridgehead atoms. The number of hydrogen-bond donors (Lipinski definition) is 1. The Morgan fingerprint density at radius 1 is 1.46 bits per heavy atom. The maximum absolute atomic E-state index is 10.9. The van der Waals surface area contributed by atoms with Crippen LogP contribution in [0.15, 0.2) is 0 Å². The summed E-state index contributed by atoms with van der Waals surface area (Å²) in [5, 5.41) is 3.15. The normalized spacial score (nSPS) is 17.8. The molecular weight excluding hydrogens is 174 g/mol. The van der Waals surface area contributed by atoms with Crippen molar-refractivity contribution in [1.82, 2.24) is 5.32 Å². The van der Waals surface area contributed by atoms with Crippen LogP contribution in [0.1, 0.15) is 12.8 Å². The van der Waals surface area contributed by atoms with E-state index in [1.54, 1.807) is 0 Å². The number of carbonyl (C=O) groups excluding carboxylic acids is 2. The largest absolute Gasteiger partial charge is 0.460 e. The van der Waals surface area contributed by atoms with Gasteiger partial charge in [-0.2, -0.15) is 0 Å². The van der Waals surface area contributed by atoms with Crippen LogP contribution in [-0.4, -0.2) is 38.2 Å². The van der Waals surface area contributed by atoms with Gasteiger partial charge < -0.3 is 14.8 Å². The summed E-state index contributed by atoms with van der Waals surface area (Å²) >= 11 is 0. The second kappa shape index (κ2) is 5.53. The van der Waals surface area contributed by atoms with E-state index in [1.807, 2.05) is 0 Å². The zero-order valence-corrected chi connectivity index (χ0v) is 7.32. The number of nitrogens with one attached hydrogen (secondary N) is 1. The Hall–Kier alpha value is -1.10. The van der Waals surface area contributed by atoms with Gasteiger partial charge in [-0.25, -0.2) is 4.79 Å². The van der Waals surface area contributed by atoms with Crippen LogP contribution in [0.25, 0.3) is 0 Å². The topological polar surface area (TPSA) is 64.6 Å². The summed E-state index contributed by atoms with van der Waals surface area (Å²) in [5.74, 6) is -0.473. The van der Waals surface area contributed by atoms with Crippen LogP contribution >= 0.6 is 0 Å². The van der Waals surface area contributed by atoms with E-state index in [1.165, 1.54) is 0 Å². The van der Waals surface area contributed by atoms with Gasteiger partial charge in [0.2, 0.25) is 0 Å². The summed E-state index contributed by atoms with van der Waals surface area (Å²) in [7, 11) is 0. The fraction of sp³-hybridized carbons (Fsp3) is 0.750. The number of piperidine rings is 1. The molecule has 13 heavy (non-hydrogen) atoms. The van der Waals surface area contributed by atoms with E-state index in [0.717, 1.165) is 25.9 Å². The minimum absolute atomic E-state index is 0.0241. The standard InChI is InChI=1S/C8H13NO4/c10-6-12-5-8(11)13-7-1-3-9-4-2-7/h6-7,9H,1-5H2. The molecule has 1 rings (SSSR count). The Kier molecular flexibility index (Phi) is 4.25. The molecule has 0 radical (unpaired) electrons. The van der Waals surface area contributed by atoms with E-state index >= 15 is 0 Å². The number of esters is 1. The van der Waals surface area contributed by atoms with E-state index in [-0.39, 0.29) is 19.2 Å². The summed E-state index contributed by atoms with van der Waals surface area (Å²) in [5.41, 5.74) is 0. The van der Waals surface area contributed by atoms with Gasteiger partial charge in [0.1, 0.15) is 6.10 Å². The molecule has 0 spiro atoms. The van der Waals surface area contributed by atoms with Crippen LogP contribution < -0.4 is 5.32 Å². The summed E-state index contributed by atoms with van der Waals surface area (Å²) < 4.78 is 9.30. The van der Waals surface area contributed by atoms with Crippen LogP contribution in [-0.2, 0) is 19.1 Å². The maximum Gasteiger partial charge on any atom is 0.344 e. The molecule has 0 unspecified atom stereocenters. The van der Waals surface area contributed by atoms with Crippen molar-refractivity contribution in [2.24, 2.45) is 0 Å². The molecule has 0 aliphatic carbocycles. The van der Waals surface area contributed by atoms with Crippen molar-refractivity contribution in [3.63, 3.8) is 0 Å². The highest BCUT2D eigenvalue weighted by atomic mass is 16.6. The molecule has 0 saturated carbocycles. The Bertz CT molecular complexity index is 177. The zero-order valence-electron chi connectivity index (χ0n) is 7.32.